The van der Waals surface area contributed by atoms with Gasteiger partial charge in [-0.15, -0.1) is 0 Å². The molecule has 3 heterocycles. The third-order valence-electron chi connectivity index (χ3n) is 3.91. The molecule has 0 saturated carbocycles. The van der Waals surface area contributed by atoms with Gasteiger partial charge in [0.15, 0.2) is 6.39 Å². The number of para-hydroxylation sites is 1. The molecular formula is C16H15N3O2. The topological polar surface area (TPSA) is 63.9 Å². The molecule has 0 spiro atoms. The molecule has 0 aliphatic carbocycles. The van der Waals surface area contributed by atoms with Crippen LogP contribution in [0.25, 0.3) is 0 Å². The molecule has 0 amide bonds. The minimum Gasteiger partial charge on any atom is -0.493 e. The van der Waals surface area contributed by atoms with Gasteiger partial charge >= 0.3 is 0 Å². The van der Waals surface area contributed by atoms with Crippen molar-refractivity contribution in [3.05, 3.63) is 65.9 Å². The minimum absolute atomic E-state index is 0.130. The summed E-state index contributed by atoms with van der Waals surface area (Å²) in [5.74, 6) is 1.14. The quantitative estimate of drug-likeness (QED) is 0.798. The standard InChI is InChI=1S/C16H15N3O2/c1-2-11-4-5-21-16(11)13(3-1)14(15-7-17-9-18-15)6-12-8-20-10-19-12/h1-3,7-10,14H,4-6H2,(H,17,18)/t14-/m0/s1. The van der Waals surface area contributed by atoms with Crippen molar-refractivity contribution < 1.29 is 9.15 Å². The van der Waals surface area contributed by atoms with Crippen molar-refractivity contribution in [2.75, 3.05) is 6.61 Å². The van der Waals surface area contributed by atoms with Crippen molar-refractivity contribution in [1.82, 2.24) is 15.0 Å². The van der Waals surface area contributed by atoms with Gasteiger partial charge in [-0.05, 0) is 5.56 Å². The molecule has 4 rings (SSSR count). The van der Waals surface area contributed by atoms with Crippen molar-refractivity contribution >= 4 is 0 Å². The van der Waals surface area contributed by atoms with Crippen molar-refractivity contribution in [2.24, 2.45) is 0 Å². The highest BCUT2D eigenvalue weighted by Gasteiger charge is 2.25. The van der Waals surface area contributed by atoms with E-state index < -0.39 is 0 Å². The number of H-pyrrole nitrogens is 1. The van der Waals surface area contributed by atoms with Crippen LogP contribution in [0.1, 0.15) is 28.4 Å². The number of ether oxygens (including phenoxy) is 1. The molecule has 0 fully saturated rings. The number of benzene rings is 1. The van der Waals surface area contributed by atoms with Crippen LogP contribution in [0.5, 0.6) is 5.75 Å². The van der Waals surface area contributed by atoms with Gasteiger partial charge in [-0.1, -0.05) is 18.2 Å². The summed E-state index contributed by atoms with van der Waals surface area (Å²) < 4.78 is 10.9. The number of hydrogen-bond donors (Lipinski definition) is 1. The lowest BCUT2D eigenvalue weighted by Crippen LogP contribution is -2.07. The Bertz CT molecular complexity index is 720. The van der Waals surface area contributed by atoms with Crippen molar-refractivity contribution in [2.45, 2.75) is 18.8 Å². The van der Waals surface area contributed by atoms with E-state index in [2.05, 4.69) is 33.2 Å². The first kappa shape index (κ1) is 12.2. The lowest BCUT2D eigenvalue weighted by Gasteiger charge is -2.17. The Balaban J connectivity index is 1.78. The number of nitrogens with one attached hydrogen (secondary N) is 1. The molecule has 0 radical (unpaired) electrons. The number of aromatic nitrogens is 3. The van der Waals surface area contributed by atoms with E-state index in [1.165, 1.54) is 17.5 Å². The van der Waals surface area contributed by atoms with Gasteiger partial charge in [0.2, 0.25) is 0 Å². The van der Waals surface area contributed by atoms with E-state index in [0.29, 0.717) is 0 Å². The summed E-state index contributed by atoms with van der Waals surface area (Å²) in [4.78, 5) is 11.6. The second kappa shape index (κ2) is 5.09. The number of nitrogens with zero attached hydrogens (tertiary/aromatic N) is 2. The van der Waals surface area contributed by atoms with Gasteiger partial charge in [0.25, 0.3) is 0 Å². The number of oxazole rings is 1. The number of fused-ring (bicyclic) bond motifs is 1. The minimum atomic E-state index is 0.130. The van der Waals surface area contributed by atoms with Crippen LogP contribution in [0.4, 0.5) is 0 Å². The molecule has 1 N–H and O–H groups in total. The van der Waals surface area contributed by atoms with Crippen LogP contribution in [-0.2, 0) is 12.8 Å². The lowest BCUT2D eigenvalue weighted by molar-refractivity contribution is 0.352. The maximum atomic E-state index is 5.85. The van der Waals surface area contributed by atoms with E-state index in [1.807, 2.05) is 6.20 Å². The fourth-order valence-corrected chi connectivity index (χ4v) is 2.91. The third-order valence-corrected chi connectivity index (χ3v) is 3.91. The fraction of sp³-hybridized carbons (Fsp3) is 0.250. The van der Waals surface area contributed by atoms with Crippen molar-refractivity contribution in [1.29, 1.82) is 0 Å². The summed E-state index contributed by atoms with van der Waals surface area (Å²) in [6.07, 6.45) is 8.44. The Kier molecular flexibility index (Phi) is 2.96. The number of aromatic amines is 1. The molecule has 3 aromatic rings. The van der Waals surface area contributed by atoms with E-state index in [-0.39, 0.29) is 5.92 Å². The normalized spacial score (nSPS) is 14.7. The van der Waals surface area contributed by atoms with Crippen LogP contribution in [0.3, 0.4) is 0 Å². The van der Waals surface area contributed by atoms with Crippen LogP contribution in [0, 0.1) is 0 Å². The van der Waals surface area contributed by atoms with Gasteiger partial charge in [-0.25, -0.2) is 9.97 Å². The first-order valence-corrected chi connectivity index (χ1v) is 7.02. The highest BCUT2D eigenvalue weighted by Crippen LogP contribution is 2.38. The molecule has 1 aliphatic heterocycles. The van der Waals surface area contributed by atoms with Crippen molar-refractivity contribution in [3.63, 3.8) is 0 Å². The number of hydrogen-bond acceptors (Lipinski definition) is 4. The number of rotatable bonds is 4. The summed E-state index contributed by atoms with van der Waals surface area (Å²) >= 11 is 0. The summed E-state index contributed by atoms with van der Waals surface area (Å²) in [5, 5.41) is 0. The summed E-state index contributed by atoms with van der Waals surface area (Å²) in [5.41, 5.74) is 4.43. The zero-order valence-corrected chi connectivity index (χ0v) is 11.5. The molecule has 1 aliphatic rings. The van der Waals surface area contributed by atoms with Crippen LogP contribution >= 0.6 is 0 Å². The Labute approximate surface area is 122 Å². The van der Waals surface area contributed by atoms with Gasteiger partial charge in [-0.2, -0.15) is 0 Å². The van der Waals surface area contributed by atoms with Crippen molar-refractivity contribution in [3.8, 4) is 5.75 Å². The molecule has 5 nitrogen and oxygen atoms in total. The molecule has 2 aromatic heterocycles. The Hall–Kier alpha value is -2.56. The molecule has 0 saturated heterocycles. The molecular weight excluding hydrogens is 266 g/mol. The van der Waals surface area contributed by atoms with Crippen LogP contribution in [-0.4, -0.2) is 21.6 Å². The fourth-order valence-electron chi connectivity index (χ4n) is 2.91. The maximum Gasteiger partial charge on any atom is 0.180 e. The molecule has 1 atom stereocenters. The summed E-state index contributed by atoms with van der Waals surface area (Å²) in [6, 6.07) is 6.34. The first-order chi connectivity index (χ1) is 10.4. The maximum absolute atomic E-state index is 5.85. The zero-order chi connectivity index (χ0) is 14.1. The van der Waals surface area contributed by atoms with E-state index >= 15 is 0 Å². The molecule has 106 valence electrons. The average molecular weight is 281 g/mol. The molecule has 5 heteroatoms. The predicted molar refractivity (Wildman–Crippen MR) is 76.3 cm³/mol. The Morgan fingerprint density at radius 3 is 3.14 bits per heavy atom. The van der Waals surface area contributed by atoms with Gasteiger partial charge in [-0.3, -0.25) is 0 Å². The lowest BCUT2D eigenvalue weighted by atomic mass is 9.89. The molecule has 0 bridgehead atoms. The van der Waals surface area contributed by atoms with Gasteiger partial charge in [0.1, 0.15) is 12.0 Å². The largest absolute Gasteiger partial charge is 0.493 e. The molecule has 1 aromatic carbocycles. The third kappa shape index (κ3) is 2.20. The Morgan fingerprint density at radius 1 is 1.33 bits per heavy atom. The van der Waals surface area contributed by atoms with E-state index in [9.17, 15) is 0 Å². The van der Waals surface area contributed by atoms with Crippen LogP contribution in [0.15, 0.2) is 47.8 Å². The smallest absolute Gasteiger partial charge is 0.180 e. The molecule has 0 unspecified atom stereocenters. The van der Waals surface area contributed by atoms with E-state index in [1.54, 1.807) is 12.6 Å². The second-order valence-corrected chi connectivity index (χ2v) is 5.18. The van der Waals surface area contributed by atoms with Gasteiger partial charge in [0, 0.05) is 36.2 Å². The predicted octanol–water partition coefficient (Wildman–Crippen LogP) is 2.71. The number of imidazole rings is 1. The van der Waals surface area contributed by atoms with Crippen LogP contribution < -0.4 is 4.74 Å². The average Bonchev–Trinajstić information content (AvgIpc) is 3.24. The zero-order valence-electron chi connectivity index (χ0n) is 11.5. The first-order valence-electron chi connectivity index (χ1n) is 7.02. The summed E-state index contributed by atoms with van der Waals surface area (Å²) in [7, 11) is 0. The van der Waals surface area contributed by atoms with Crippen LogP contribution in [0.2, 0.25) is 0 Å². The van der Waals surface area contributed by atoms with E-state index in [0.717, 1.165) is 36.6 Å². The highest BCUT2D eigenvalue weighted by molar-refractivity contribution is 5.48. The molecule has 21 heavy (non-hydrogen) atoms. The Morgan fingerprint density at radius 2 is 2.33 bits per heavy atom. The second-order valence-electron chi connectivity index (χ2n) is 5.18. The summed E-state index contributed by atoms with van der Waals surface area (Å²) in [6.45, 7) is 0.756. The van der Waals surface area contributed by atoms with Gasteiger partial charge < -0.3 is 14.1 Å². The monoisotopic (exact) mass is 281 g/mol. The van der Waals surface area contributed by atoms with Gasteiger partial charge in [0.05, 0.1) is 18.6 Å². The highest BCUT2D eigenvalue weighted by atomic mass is 16.5. The van der Waals surface area contributed by atoms with E-state index in [4.69, 9.17) is 9.15 Å². The SMILES string of the molecule is c1cc2c(c([C@H](Cc3cocn3)c3cnc[nH]3)c1)OCC2.